The zero-order valence-electron chi connectivity index (χ0n) is 6.27. The fourth-order valence-electron chi connectivity index (χ4n) is 0.696. The lowest BCUT2D eigenvalue weighted by Crippen LogP contribution is -2.05. The molecule has 12 heavy (non-hydrogen) atoms. The van der Waals surface area contributed by atoms with Gasteiger partial charge in [0.25, 0.3) is 0 Å². The molecule has 0 saturated carbocycles. The Labute approximate surface area is 93.0 Å². The lowest BCUT2D eigenvalue weighted by atomic mass is 10.3. The lowest BCUT2D eigenvalue weighted by molar-refractivity contribution is 0.0526. The van der Waals surface area contributed by atoms with Crippen LogP contribution < -0.4 is 0 Å². The first-order valence-electron chi connectivity index (χ1n) is 3.26. The quantitative estimate of drug-likeness (QED) is 0.619. The number of esters is 1. The van der Waals surface area contributed by atoms with Gasteiger partial charge in [-0.2, -0.15) is 0 Å². The molecule has 1 aromatic heterocycles. The van der Waals surface area contributed by atoms with Gasteiger partial charge in [-0.05, 0) is 29.5 Å². The molecule has 0 aromatic carbocycles. The van der Waals surface area contributed by atoms with E-state index in [9.17, 15) is 4.79 Å². The smallest absolute Gasteiger partial charge is 0.341 e. The molecule has 0 atom stereocenters. The molecular formula is C7H6ClIO2S. The van der Waals surface area contributed by atoms with Crippen molar-refractivity contribution in [2.45, 2.75) is 6.92 Å². The summed E-state index contributed by atoms with van der Waals surface area (Å²) in [6.07, 6.45) is 0. The minimum atomic E-state index is -0.340. The number of halogens is 2. The van der Waals surface area contributed by atoms with Crippen molar-refractivity contribution >= 4 is 51.5 Å². The Morgan fingerprint density at radius 3 is 2.92 bits per heavy atom. The van der Waals surface area contributed by atoms with Gasteiger partial charge in [-0.25, -0.2) is 4.79 Å². The number of carbonyl (C=O) groups excluding carboxylic acids is 1. The van der Waals surface area contributed by atoms with E-state index in [2.05, 4.69) is 22.6 Å². The Hall–Kier alpha value is 0.190. The van der Waals surface area contributed by atoms with Gasteiger partial charge in [-0.3, -0.25) is 0 Å². The standard InChI is InChI=1S/C7H6ClIO2S/c1-2-11-7(10)5-4(8)3-12-6(5)9/h3H,2H2,1H3. The van der Waals surface area contributed by atoms with E-state index in [-0.39, 0.29) is 5.97 Å². The van der Waals surface area contributed by atoms with Crippen molar-refractivity contribution in [3.8, 4) is 0 Å². The molecule has 0 aliphatic carbocycles. The fraction of sp³-hybridized carbons (Fsp3) is 0.286. The Kier molecular flexibility index (Phi) is 3.79. The molecule has 0 bridgehead atoms. The largest absolute Gasteiger partial charge is 0.462 e. The molecule has 0 fully saturated rings. The van der Waals surface area contributed by atoms with Crippen LogP contribution >= 0.6 is 45.5 Å². The van der Waals surface area contributed by atoms with Crippen LogP contribution in [0, 0.1) is 2.88 Å². The van der Waals surface area contributed by atoms with Gasteiger partial charge >= 0.3 is 5.97 Å². The van der Waals surface area contributed by atoms with Crippen LogP contribution in [-0.2, 0) is 4.74 Å². The van der Waals surface area contributed by atoms with E-state index in [1.54, 1.807) is 12.3 Å². The number of thiophene rings is 1. The fourth-order valence-corrected chi connectivity index (χ4v) is 2.75. The second-order valence-corrected chi connectivity index (χ2v) is 5.05. The van der Waals surface area contributed by atoms with Crippen molar-refractivity contribution in [1.29, 1.82) is 0 Å². The molecule has 0 spiro atoms. The summed E-state index contributed by atoms with van der Waals surface area (Å²) in [5.74, 6) is -0.340. The molecule has 66 valence electrons. The zero-order valence-corrected chi connectivity index (χ0v) is 10.00. The van der Waals surface area contributed by atoms with Gasteiger partial charge < -0.3 is 4.74 Å². The van der Waals surface area contributed by atoms with E-state index in [1.165, 1.54) is 11.3 Å². The third-order valence-corrected chi connectivity index (χ3v) is 3.68. The van der Waals surface area contributed by atoms with Gasteiger partial charge in [0.2, 0.25) is 0 Å². The van der Waals surface area contributed by atoms with Crippen molar-refractivity contribution in [2.75, 3.05) is 6.61 Å². The molecule has 0 aliphatic rings. The van der Waals surface area contributed by atoms with E-state index in [1.807, 2.05) is 0 Å². The lowest BCUT2D eigenvalue weighted by Gasteiger charge is -1.99. The number of hydrogen-bond donors (Lipinski definition) is 0. The van der Waals surface area contributed by atoms with Gasteiger partial charge in [0.05, 0.1) is 14.5 Å². The van der Waals surface area contributed by atoms with E-state index in [4.69, 9.17) is 16.3 Å². The maximum absolute atomic E-state index is 11.2. The predicted molar refractivity (Wildman–Crippen MR) is 58.0 cm³/mol. The summed E-state index contributed by atoms with van der Waals surface area (Å²) >= 11 is 9.29. The molecule has 1 rings (SSSR count). The first kappa shape index (κ1) is 10.3. The molecule has 0 aliphatic heterocycles. The summed E-state index contributed by atoms with van der Waals surface area (Å²) in [5, 5.41) is 2.21. The van der Waals surface area contributed by atoms with E-state index in [0.29, 0.717) is 17.2 Å². The average molecular weight is 317 g/mol. The molecule has 1 heterocycles. The third-order valence-electron chi connectivity index (χ3n) is 1.18. The summed E-state index contributed by atoms with van der Waals surface area (Å²) in [6, 6.07) is 0. The first-order chi connectivity index (χ1) is 5.66. The highest BCUT2D eigenvalue weighted by Crippen LogP contribution is 2.28. The minimum Gasteiger partial charge on any atom is -0.462 e. The summed E-state index contributed by atoms with van der Waals surface area (Å²) in [7, 11) is 0. The molecule has 0 unspecified atom stereocenters. The highest BCUT2D eigenvalue weighted by Gasteiger charge is 2.16. The van der Waals surface area contributed by atoms with Gasteiger partial charge in [-0.1, -0.05) is 11.6 Å². The monoisotopic (exact) mass is 316 g/mol. The van der Waals surface area contributed by atoms with Gasteiger partial charge in [0.1, 0.15) is 5.56 Å². The molecule has 0 radical (unpaired) electrons. The van der Waals surface area contributed by atoms with Crippen LogP contribution in [0.2, 0.25) is 5.02 Å². The Morgan fingerprint density at radius 2 is 2.50 bits per heavy atom. The van der Waals surface area contributed by atoms with Crippen LogP contribution in [0.4, 0.5) is 0 Å². The van der Waals surface area contributed by atoms with Crippen LogP contribution in [0.15, 0.2) is 5.38 Å². The SMILES string of the molecule is CCOC(=O)c1c(Cl)csc1I. The number of rotatable bonds is 2. The van der Waals surface area contributed by atoms with Crippen LogP contribution in [0.1, 0.15) is 17.3 Å². The number of hydrogen-bond acceptors (Lipinski definition) is 3. The summed E-state index contributed by atoms with van der Waals surface area (Å²) in [6.45, 7) is 2.14. The molecular weight excluding hydrogens is 310 g/mol. The summed E-state index contributed by atoms with van der Waals surface area (Å²) < 4.78 is 5.70. The molecule has 0 saturated heterocycles. The normalized spacial score (nSPS) is 9.92. The second kappa shape index (κ2) is 4.43. The maximum Gasteiger partial charge on any atom is 0.341 e. The van der Waals surface area contributed by atoms with Crippen LogP contribution in [0.3, 0.4) is 0 Å². The summed E-state index contributed by atoms with van der Waals surface area (Å²) in [4.78, 5) is 11.2. The summed E-state index contributed by atoms with van der Waals surface area (Å²) in [5.41, 5.74) is 0.490. The van der Waals surface area contributed by atoms with E-state index >= 15 is 0 Å². The highest BCUT2D eigenvalue weighted by molar-refractivity contribution is 14.1. The van der Waals surface area contributed by atoms with Crippen LogP contribution in [0.5, 0.6) is 0 Å². The zero-order chi connectivity index (χ0) is 9.14. The van der Waals surface area contributed by atoms with Crippen LogP contribution in [-0.4, -0.2) is 12.6 Å². The Bertz CT molecular complexity index is 278. The van der Waals surface area contributed by atoms with Crippen LogP contribution in [0.25, 0.3) is 0 Å². The molecule has 1 aromatic rings. The second-order valence-electron chi connectivity index (χ2n) is 1.95. The van der Waals surface area contributed by atoms with Gasteiger partial charge in [0.15, 0.2) is 0 Å². The van der Waals surface area contributed by atoms with Crippen molar-refractivity contribution in [1.82, 2.24) is 0 Å². The van der Waals surface area contributed by atoms with E-state index in [0.717, 1.165) is 2.88 Å². The highest BCUT2D eigenvalue weighted by atomic mass is 127. The number of ether oxygens (including phenoxy) is 1. The average Bonchev–Trinajstić information content (AvgIpc) is 2.32. The molecule has 5 heteroatoms. The number of carbonyl (C=O) groups is 1. The molecule has 0 N–H and O–H groups in total. The van der Waals surface area contributed by atoms with E-state index < -0.39 is 0 Å². The third kappa shape index (κ3) is 2.11. The van der Waals surface area contributed by atoms with Crippen molar-refractivity contribution < 1.29 is 9.53 Å². The maximum atomic E-state index is 11.2. The Morgan fingerprint density at radius 1 is 1.83 bits per heavy atom. The van der Waals surface area contributed by atoms with Crippen molar-refractivity contribution in [2.24, 2.45) is 0 Å². The van der Waals surface area contributed by atoms with Gasteiger partial charge in [0, 0.05) is 5.38 Å². The predicted octanol–water partition coefficient (Wildman–Crippen LogP) is 3.18. The van der Waals surface area contributed by atoms with Crippen molar-refractivity contribution in [3.63, 3.8) is 0 Å². The first-order valence-corrected chi connectivity index (χ1v) is 5.60. The van der Waals surface area contributed by atoms with Crippen molar-refractivity contribution in [3.05, 3.63) is 18.9 Å². The minimum absolute atomic E-state index is 0.340. The topological polar surface area (TPSA) is 26.3 Å². The molecule has 2 nitrogen and oxygen atoms in total. The molecule has 0 amide bonds. The Balaban J connectivity index is 2.93. The van der Waals surface area contributed by atoms with Gasteiger partial charge in [-0.15, -0.1) is 11.3 Å².